The maximum atomic E-state index is 7.32. The summed E-state index contributed by atoms with van der Waals surface area (Å²) in [5, 5.41) is 9.71. The minimum atomic E-state index is 0. The molecule has 0 aliphatic carbocycles. The second-order valence-corrected chi connectivity index (χ2v) is 0.265. The molecule has 0 fully saturated rings. The van der Waals surface area contributed by atoms with Gasteiger partial charge in [0.05, 0.1) is 0 Å². The normalized spacial score (nSPS) is 7.20. The number of hydrogen-bond donors (Lipinski definition) is 2. The van der Waals surface area contributed by atoms with Crippen LogP contribution in [0.2, 0.25) is 0 Å². The van der Waals surface area contributed by atoms with Crippen molar-refractivity contribution in [3.63, 3.8) is 0 Å². The molecular formula is CH4CoN2O. The molecule has 0 atom stereocenters. The molecular weight excluding hydrogens is 115 g/mol. The smallest absolute Gasteiger partial charge is 0.125 e. The van der Waals surface area contributed by atoms with E-state index in [1.807, 2.05) is 0 Å². The molecule has 0 unspecified atom stereocenters. The van der Waals surface area contributed by atoms with Crippen LogP contribution in [0.4, 0.5) is 0 Å². The molecule has 5 heavy (non-hydrogen) atoms. The molecule has 0 heterocycles. The third-order valence-corrected chi connectivity index (χ3v) is 0.0667. The van der Waals surface area contributed by atoms with Crippen molar-refractivity contribution >= 4 is 6.34 Å². The predicted octanol–water partition coefficient (Wildman–Crippen LogP) is -0.640. The number of oxime groups is 1. The molecule has 0 aromatic rings. The fraction of sp³-hybridized carbons (Fsp3) is 0. The molecule has 4 heteroatoms. The number of nitrogens with two attached hydrogens (primary N) is 1. The van der Waals surface area contributed by atoms with E-state index in [2.05, 4.69) is 10.9 Å². The predicted molar refractivity (Wildman–Crippen MR) is 14.5 cm³/mol. The largest absolute Gasteiger partial charge is 0.410 e. The average molecular weight is 119 g/mol. The second-order valence-electron chi connectivity index (χ2n) is 0.265. The Morgan fingerprint density at radius 1 is 1.80 bits per heavy atom. The summed E-state index contributed by atoms with van der Waals surface area (Å²) in [6.07, 6.45) is 0.806. The van der Waals surface area contributed by atoms with Crippen LogP contribution < -0.4 is 5.73 Å². The molecule has 0 aliphatic heterocycles. The molecule has 1 radical (unpaired) electrons. The van der Waals surface area contributed by atoms with Crippen molar-refractivity contribution in [3.8, 4) is 0 Å². The Morgan fingerprint density at radius 3 is 2.00 bits per heavy atom. The summed E-state index contributed by atoms with van der Waals surface area (Å²) < 4.78 is 0. The van der Waals surface area contributed by atoms with E-state index in [0.29, 0.717) is 0 Å². The second kappa shape index (κ2) is 9.22. The maximum absolute atomic E-state index is 7.32. The van der Waals surface area contributed by atoms with E-state index in [1.54, 1.807) is 0 Å². The topological polar surface area (TPSA) is 58.6 Å². The van der Waals surface area contributed by atoms with Crippen molar-refractivity contribution < 1.29 is 22.0 Å². The summed E-state index contributed by atoms with van der Waals surface area (Å²) in [6.45, 7) is 0. The van der Waals surface area contributed by atoms with Gasteiger partial charge in [-0.15, -0.1) is 0 Å². The molecule has 0 spiro atoms. The molecule has 3 nitrogen and oxygen atoms in total. The Bertz CT molecular complexity index is 24.8. The molecule has 0 amide bonds. The quantitative estimate of drug-likeness (QED) is 0.193. The Balaban J connectivity index is 0. The van der Waals surface area contributed by atoms with Gasteiger partial charge in [0.15, 0.2) is 0 Å². The first-order valence-electron chi connectivity index (χ1n) is 0.792. The number of nitrogens with zero attached hydrogens (tertiary/aromatic N) is 1. The van der Waals surface area contributed by atoms with Crippen LogP contribution in [0.1, 0.15) is 0 Å². The van der Waals surface area contributed by atoms with Gasteiger partial charge in [-0.05, 0) is 0 Å². The van der Waals surface area contributed by atoms with E-state index in [1.165, 1.54) is 0 Å². The summed E-state index contributed by atoms with van der Waals surface area (Å²) in [5.74, 6) is 0. The monoisotopic (exact) mass is 119 g/mol. The maximum Gasteiger partial charge on any atom is 0.125 e. The van der Waals surface area contributed by atoms with Crippen LogP contribution in [0.25, 0.3) is 0 Å². The first-order chi connectivity index (χ1) is 1.91. The van der Waals surface area contributed by atoms with Crippen molar-refractivity contribution in [1.82, 2.24) is 0 Å². The van der Waals surface area contributed by atoms with Crippen LogP contribution in [0, 0.1) is 0 Å². The van der Waals surface area contributed by atoms with Crippen molar-refractivity contribution in [2.24, 2.45) is 10.9 Å². The Morgan fingerprint density at radius 2 is 2.00 bits per heavy atom. The standard InChI is InChI=1S/CH4N2O.Co/c2-1-3-4;/h1,4H,(H2,2,3);. The SMILES string of the molecule is NC=NO.[Co]. The van der Waals surface area contributed by atoms with Crippen molar-refractivity contribution in [3.05, 3.63) is 0 Å². The zero-order valence-corrected chi connectivity index (χ0v) is 3.42. The van der Waals surface area contributed by atoms with Gasteiger partial charge < -0.3 is 10.9 Å². The minimum Gasteiger partial charge on any atom is -0.410 e. The van der Waals surface area contributed by atoms with E-state index in [-0.39, 0.29) is 16.8 Å². The van der Waals surface area contributed by atoms with Gasteiger partial charge in [0, 0.05) is 16.8 Å². The number of hydrogen-bond acceptors (Lipinski definition) is 2. The van der Waals surface area contributed by atoms with Crippen LogP contribution in [0.5, 0.6) is 0 Å². The van der Waals surface area contributed by atoms with Crippen molar-refractivity contribution in [1.29, 1.82) is 0 Å². The Kier molecular flexibility index (Phi) is 16.3. The molecule has 0 saturated carbocycles. The zero-order chi connectivity index (χ0) is 3.41. The van der Waals surface area contributed by atoms with Crippen LogP contribution >= 0.6 is 0 Å². The summed E-state index contributed by atoms with van der Waals surface area (Å²) in [5.41, 5.74) is 4.49. The summed E-state index contributed by atoms with van der Waals surface area (Å²) in [4.78, 5) is 0. The first kappa shape index (κ1) is 8.84. The van der Waals surface area contributed by atoms with Gasteiger partial charge in [-0.25, -0.2) is 0 Å². The van der Waals surface area contributed by atoms with E-state index in [4.69, 9.17) is 5.21 Å². The molecule has 0 aliphatic rings. The van der Waals surface area contributed by atoms with Crippen LogP contribution in [-0.4, -0.2) is 11.5 Å². The first-order valence-corrected chi connectivity index (χ1v) is 0.792. The molecule has 0 saturated heterocycles. The summed E-state index contributed by atoms with van der Waals surface area (Å²) in [6, 6.07) is 0. The zero-order valence-electron chi connectivity index (χ0n) is 2.38. The molecule has 0 aromatic heterocycles. The van der Waals surface area contributed by atoms with Gasteiger partial charge in [-0.1, -0.05) is 5.16 Å². The van der Waals surface area contributed by atoms with E-state index >= 15 is 0 Å². The van der Waals surface area contributed by atoms with Gasteiger partial charge >= 0.3 is 0 Å². The molecule has 3 N–H and O–H groups in total. The Hall–Kier alpha value is -0.224. The van der Waals surface area contributed by atoms with Gasteiger partial charge in [-0.3, -0.25) is 0 Å². The van der Waals surface area contributed by atoms with Gasteiger partial charge in [0.1, 0.15) is 6.34 Å². The average Bonchev–Trinajstić information content (AvgIpc) is 1.37. The Labute approximate surface area is 40.0 Å². The third kappa shape index (κ3) is 19.8. The fourth-order valence-corrected chi connectivity index (χ4v) is 0. The minimum absolute atomic E-state index is 0. The van der Waals surface area contributed by atoms with Gasteiger partial charge in [0.25, 0.3) is 0 Å². The van der Waals surface area contributed by atoms with Crippen molar-refractivity contribution in [2.45, 2.75) is 0 Å². The van der Waals surface area contributed by atoms with E-state index < -0.39 is 0 Å². The third-order valence-electron chi connectivity index (χ3n) is 0.0667. The molecule has 33 valence electrons. The van der Waals surface area contributed by atoms with Gasteiger partial charge in [0.2, 0.25) is 0 Å². The van der Waals surface area contributed by atoms with Crippen LogP contribution in [-0.2, 0) is 16.8 Å². The van der Waals surface area contributed by atoms with E-state index in [0.717, 1.165) is 6.34 Å². The van der Waals surface area contributed by atoms with E-state index in [9.17, 15) is 0 Å². The van der Waals surface area contributed by atoms with Gasteiger partial charge in [-0.2, -0.15) is 0 Å². The summed E-state index contributed by atoms with van der Waals surface area (Å²) >= 11 is 0. The van der Waals surface area contributed by atoms with Crippen molar-refractivity contribution in [2.75, 3.05) is 0 Å². The number of rotatable bonds is 0. The van der Waals surface area contributed by atoms with Crippen LogP contribution in [0.15, 0.2) is 5.16 Å². The molecule has 0 rings (SSSR count). The molecule has 0 aromatic carbocycles. The fourth-order valence-electron chi connectivity index (χ4n) is 0. The summed E-state index contributed by atoms with van der Waals surface area (Å²) in [7, 11) is 0. The van der Waals surface area contributed by atoms with Crippen LogP contribution in [0.3, 0.4) is 0 Å². The molecule has 0 bridgehead atoms.